The Hall–Kier alpha value is -1.72. The molecule has 1 fully saturated rings. The number of benzene rings is 1. The number of hydrogen-bond donors (Lipinski definition) is 2. The average molecular weight is 336 g/mol. The molecule has 2 aromatic rings. The van der Waals surface area contributed by atoms with Gasteiger partial charge < -0.3 is 11.1 Å². The van der Waals surface area contributed by atoms with Crippen LogP contribution in [0.2, 0.25) is 5.02 Å². The lowest BCUT2D eigenvalue weighted by Gasteiger charge is -2.29. The van der Waals surface area contributed by atoms with E-state index in [0.717, 1.165) is 0 Å². The number of pyridine rings is 1. The fourth-order valence-corrected chi connectivity index (χ4v) is 3.26. The zero-order valence-electron chi connectivity index (χ0n) is 12.7. The van der Waals surface area contributed by atoms with E-state index < -0.39 is 5.67 Å². The molecule has 1 aromatic carbocycles. The topological polar surface area (TPSA) is 68.0 Å². The third-order valence-electron chi connectivity index (χ3n) is 4.48. The molecule has 23 heavy (non-hydrogen) atoms. The second-order valence-corrected chi connectivity index (χ2v) is 6.45. The van der Waals surface area contributed by atoms with E-state index in [2.05, 4.69) is 10.3 Å². The quantitative estimate of drug-likeness (QED) is 0.662. The Balaban J connectivity index is 1.85. The van der Waals surface area contributed by atoms with Gasteiger partial charge in [0.15, 0.2) is 5.78 Å². The maximum absolute atomic E-state index is 14.7. The number of carbonyl (C=O) groups is 1. The number of ketones is 1. The van der Waals surface area contributed by atoms with E-state index in [1.54, 1.807) is 24.4 Å². The molecule has 2 heterocycles. The van der Waals surface area contributed by atoms with Gasteiger partial charge in [0, 0.05) is 23.6 Å². The molecule has 0 saturated carbocycles. The first-order valence-electron chi connectivity index (χ1n) is 7.76. The monoisotopic (exact) mass is 335 g/mol. The van der Waals surface area contributed by atoms with Crippen molar-refractivity contribution in [1.29, 1.82) is 0 Å². The molecular weight excluding hydrogens is 317 g/mol. The van der Waals surface area contributed by atoms with E-state index in [9.17, 15) is 9.18 Å². The Labute approximate surface area is 139 Å². The fourth-order valence-electron chi connectivity index (χ4n) is 3.05. The normalized spacial score (nSPS) is 17.3. The van der Waals surface area contributed by atoms with Gasteiger partial charge in [-0.05, 0) is 50.6 Å². The maximum atomic E-state index is 14.7. The van der Waals surface area contributed by atoms with Gasteiger partial charge in [-0.15, -0.1) is 0 Å². The van der Waals surface area contributed by atoms with Gasteiger partial charge in [0.2, 0.25) is 0 Å². The van der Waals surface area contributed by atoms with Gasteiger partial charge in [-0.2, -0.15) is 0 Å². The number of nitrogens with zero attached hydrogens (tertiary/aromatic N) is 1. The molecule has 0 radical (unpaired) electrons. The first-order valence-corrected chi connectivity index (χ1v) is 8.13. The number of carbonyl (C=O) groups excluding carboxylic acids is 1. The Kier molecular flexibility index (Phi) is 4.50. The van der Waals surface area contributed by atoms with Crippen molar-refractivity contribution in [3.63, 3.8) is 0 Å². The van der Waals surface area contributed by atoms with Gasteiger partial charge in [0.05, 0.1) is 16.2 Å². The molecule has 1 aliphatic heterocycles. The summed E-state index contributed by atoms with van der Waals surface area (Å²) in [5, 5.41) is 4.11. The zero-order valence-corrected chi connectivity index (χ0v) is 13.5. The highest BCUT2D eigenvalue weighted by atomic mass is 35.5. The summed E-state index contributed by atoms with van der Waals surface area (Å²) in [6, 6.07) is 5.07. The van der Waals surface area contributed by atoms with Crippen LogP contribution in [0, 0.1) is 0 Å². The Morgan fingerprint density at radius 3 is 2.91 bits per heavy atom. The predicted octanol–water partition coefficient (Wildman–Crippen LogP) is 3.53. The van der Waals surface area contributed by atoms with Crippen LogP contribution >= 0.6 is 11.6 Å². The van der Waals surface area contributed by atoms with Crippen molar-refractivity contribution in [1.82, 2.24) is 10.3 Å². The van der Waals surface area contributed by atoms with Crippen molar-refractivity contribution in [2.24, 2.45) is 0 Å². The molecule has 122 valence electrons. The standard InChI is InChI=1S/C17H19ClFN3O/c18-13-10-12(16-11(15(13)20)2-1-7-22-16)14(23)3-4-17(19)5-8-21-9-6-17/h1-2,7,10,21H,3-6,8-9,20H2. The van der Waals surface area contributed by atoms with Gasteiger partial charge in [-0.1, -0.05) is 11.6 Å². The van der Waals surface area contributed by atoms with E-state index >= 15 is 0 Å². The van der Waals surface area contributed by atoms with Crippen molar-refractivity contribution in [3.05, 3.63) is 35.0 Å². The van der Waals surface area contributed by atoms with Crippen molar-refractivity contribution in [2.75, 3.05) is 18.8 Å². The number of alkyl halides is 1. The molecule has 4 nitrogen and oxygen atoms in total. The minimum Gasteiger partial charge on any atom is -0.397 e. The molecule has 0 aliphatic carbocycles. The molecule has 3 N–H and O–H groups in total. The van der Waals surface area contributed by atoms with Crippen LogP contribution < -0.4 is 11.1 Å². The molecule has 3 rings (SSSR count). The fraction of sp³-hybridized carbons (Fsp3) is 0.412. The summed E-state index contributed by atoms with van der Waals surface area (Å²) in [4.78, 5) is 16.8. The van der Waals surface area contributed by atoms with Gasteiger partial charge >= 0.3 is 0 Å². The SMILES string of the molecule is Nc1c(Cl)cc(C(=O)CCC2(F)CCNCC2)c2ncccc12. The molecule has 0 bridgehead atoms. The van der Waals surface area contributed by atoms with E-state index in [1.807, 2.05) is 0 Å². The van der Waals surface area contributed by atoms with Crippen LogP contribution in [0.25, 0.3) is 10.9 Å². The average Bonchev–Trinajstić information content (AvgIpc) is 2.57. The van der Waals surface area contributed by atoms with Gasteiger partial charge in [0.25, 0.3) is 0 Å². The highest BCUT2D eigenvalue weighted by molar-refractivity contribution is 6.35. The molecule has 6 heteroatoms. The zero-order chi connectivity index (χ0) is 16.4. The lowest BCUT2D eigenvalue weighted by Crippen LogP contribution is -2.38. The second-order valence-electron chi connectivity index (χ2n) is 6.04. The number of nitrogen functional groups attached to an aromatic ring is 1. The number of rotatable bonds is 4. The first kappa shape index (κ1) is 16.1. The van der Waals surface area contributed by atoms with E-state index in [-0.39, 0.29) is 18.6 Å². The molecule has 1 aliphatic rings. The molecule has 0 atom stereocenters. The second kappa shape index (κ2) is 6.42. The van der Waals surface area contributed by atoms with Crippen molar-refractivity contribution >= 4 is 34.0 Å². The lowest BCUT2D eigenvalue weighted by atomic mass is 9.88. The molecule has 0 spiro atoms. The highest BCUT2D eigenvalue weighted by Gasteiger charge is 2.32. The minimum absolute atomic E-state index is 0.141. The molecule has 0 amide bonds. The number of fused-ring (bicyclic) bond motifs is 1. The van der Waals surface area contributed by atoms with Gasteiger partial charge in [0.1, 0.15) is 5.67 Å². The van der Waals surface area contributed by atoms with Gasteiger partial charge in [-0.25, -0.2) is 4.39 Å². The number of hydrogen-bond acceptors (Lipinski definition) is 4. The van der Waals surface area contributed by atoms with Crippen molar-refractivity contribution < 1.29 is 9.18 Å². The van der Waals surface area contributed by atoms with E-state index in [0.29, 0.717) is 53.1 Å². The maximum Gasteiger partial charge on any atom is 0.165 e. The smallest absolute Gasteiger partial charge is 0.165 e. The Bertz CT molecular complexity index is 744. The van der Waals surface area contributed by atoms with Crippen molar-refractivity contribution in [2.45, 2.75) is 31.4 Å². The minimum atomic E-state index is -1.26. The molecule has 1 saturated heterocycles. The highest BCUT2D eigenvalue weighted by Crippen LogP contribution is 2.33. The summed E-state index contributed by atoms with van der Waals surface area (Å²) < 4.78 is 14.7. The summed E-state index contributed by atoms with van der Waals surface area (Å²) >= 11 is 6.13. The third-order valence-corrected chi connectivity index (χ3v) is 4.79. The van der Waals surface area contributed by atoms with Crippen LogP contribution in [0.5, 0.6) is 0 Å². The summed E-state index contributed by atoms with van der Waals surface area (Å²) in [5.41, 5.74) is 6.04. The number of aromatic nitrogens is 1. The molecule has 1 aromatic heterocycles. The van der Waals surface area contributed by atoms with Crippen LogP contribution in [0.1, 0.15) is 36.0 Å². The van der Waals surface area contributed by atoms with Gasteiger partial charge in [-0.3, -0.25) is 9.78 Å². The van der Waals surface area contributed by atoms with E-state index in [4.69, 9.17) is 17.3 Å². The molecule has 0 unspecified atom stereocenters. The number of anilines is 1. The number of nitrogens with one attached hydrogen (secondary N) is 1. The Morgan fingerprint density at radius 2 is 2.17 bits per heavy atom. The van der Waals surface area contributed by atoms with Crippen LogP contribution in [-0.4, -0.2) is 29.5 Å². The number of piperidine rings is 1. The summed E-state index contributed by atoms with van der Waals surface area (Å²) in [6.07, 6.45) is 2.87. The third kappa shape index (κ3) is 3.31. The summed E-state index contributed by atoms with van der Waals surface area (Å²) in [7, 11) is 0. The first-order chi connectivity index (χ1) is 11.0. The van der Waals surface area contributed by atoms with Crippen LogP contribution in [0.4, 0.5) is 10.1 Å². The largest absolute Gasteiger partial charge is 0.397 e. The molecular formula is C17H19ClFN3O. The van der Waals surface area contributed by atoms with E-state index in [1.165, 1.54) is 0 Å². The van der Waals surface area contributed by atoms with Crippen LogP contribution in [0.3, 0.4) is 0 Å². The summed E-state index contributed by atoms with van der Waals surface area (Å²) in [6.45, 7) is 1.31. The number of nitrogens with two attached hydrogens (primary N) is 1. The Morgan fingerprint density at radius 1 is 1.43 bits per heavy atom. The van der Waals surface area contributed by atoms with Crippen LogP contribution in [0.15, 0.2) is 24.4 Å². The number of Topliss-reactive ketones (excluding diaryl/α,β-unsaturated/α-hetero) is 1. The summed E-state index contributed by atoms with van der Waals surface area (Å²) in [5.74, 6) is -0.147. The predicted molar refractivity (Wildman–Crippen MR) is 90.7 cm³/mol. The number of halogens is 2. The van der Waals surface area contributed by atoms with Crippen LogP contribution in [-0.2, 0) is 0 Å². The van der Waals surface area contributed by atoms with Crippen molar-refractivity contribution in [3.8, 4) is 0 Å². The lowest BCUT2D eigenvalue weighted by molar-refractivity contribution is 0.0829.